The average Bonchev–Trinajstić information content (AvgIpc) is 3.69. The Labute approximate surface area is 222 Å². The van der Waals surface area contributed by atoms with Gasteiger partial charge in [-0.2, -0.15) is 0 Å². The van der Waals surface area contributed by atoms with Gasteiger partial charge in [-0.05, 0) is 88.5 Å². The predicted octanol–water partition coefficient (Wildman–Crippen LogP) is 7.11. The third kappa shape index (κ3) is 6.03. The lowest BCUT2D eigenvalue weighted by Gasteiger charge is -2.40. The largest absolute Gasteiger partial charge is 0.375 e. The standard InChI is InChI=1S/C31H45N3OS/c1-3-10-24-14-7-8-15-27(24)32-30-33-29(35)31(2,36-30)26-19-21-34(22-20-26)28(25-17-18-25)16-9-13-23-11-5-4-6-12-23/h4-6,11-12,24,26-27H,3,7-10,13-22H2,1-2H3,(H,32,33,35)/t24?,27-,31?/m0/s1. The van der Waals surface area contributed by atoms with Gasteiger partial charge in [-0.1, -0.05) is 73.9 Å². The SMILES string of the molecule is CCCC1CCCC[C@@H]1N=C1NC(=O)C(C)(C2CCN(C(CCCc3ccccc3)=C3CC3)CC2)S1. The molecule has 196 valence electrons. The zero-order valence-electron chi connectivity index (χ0n) is 22.4. The first-order valence-electron chi connectivity index (χ1n) is 14.6. The Morgan fingerprint density at radius 1 is 1.11 bits per heavy atom. The van der Waals surface area contributed by atoms with E-state index in [1.165, 1.54) is 69.8 Å². The highest BCUT2D eigenvalue weighted by atomic mass is 32.2. The van der Waals surface area contributed by atoms with Gasteiger partial charge in [-0.25, -0.2) is 0 Å². The van der Waals surface area contributed by atoms with E-state index in [1.54, 1.807) is 23.0 Å². The number of hydrogen-bond acceptors (Lipinski definition) is 4. The van der Waals surface area contributed by atoms with Crippen LogP contribution in [0.4, 0.5) is 0 Å². The molecule has 0 bridgehead atoms. The molecule has 5 heteroatoms. The number of rotatable bonds is 9. The van der Waals surface area contributed by atoms with Gasteiger partial charge in [0.1, 0.15) is 4.75 Å². The molecule has 1 aromatic rings. The molecule has 3 atom stereocenters. The highest BCUT2D eigenvalue weighted by molar-refractivity contribution is 8.16. The molecule has 2 unspecified atom stereocenters. The summed E-state index contributed by atoms with van der Waals surface area (Å²) in [6, 6.07) is 11.3. The maximum atomic E-state index is 13.2. The maximum Gasteiger partial charge on any atom is 0.242 e. The number of aryl methyl sites for hydroxylation is 1. The number of nitrogens with one attached hydrogen (secondary N) is 1. The van der Waals surface area contributed by atoms with E-state index in [9.17, 15) is 4.79 Å². The first-order chi connectivity index (χ1) is 17.6. The minimum absolute atomic E-state index is 0.191. The van der Waals surface area contributed by atoms with E-state index in [-0.39, 0.29) is 10.7 Å². The van der Waals surface area contributed by atoms with Gasteiger partial charge in [-0.3, -0.25) is 9.79 Å². The van der Waals surface area contributed by atoms with E-state index in [1.807, 2.05) is 0 Å². The first-order valence-corrected chi connectivity index (χ1v) is 15.5. The van der Waals surface area contributed by atoms with Gasteiger partial charge >= 0.3 is 0 Å². The summed E-state index contributed by atoms with van der Waals surface area (Å²) in [6.07, 6.45) is 15.9. The monoisotopic (exact) mass is 507 g/mol. The lowest BCUT2D eigenvalue weighted by Crippen LogP contribution is -2.46. The van der Waals surface area contributed by atoms with Crippen molar-refractivity contribution in [3.05, 3.63) is 47.2 Å². The number of nitrogens with zero attached hydrogens (tertiary/aromatic N) is 2. The van der Waals surface area contributed by atoms with Crippen molar-refractivity contribution in [1.29, 1.82) is 0 Å². The number of benzene rings is 1. The molecule has 4 fully saturated rings. The molecule has 1 amide bonds. The molecule has 2 heterocycles. The van der Waals surface area contributed by atoms with Crippen molar-refractivity contribution in [3.8, 4) is 0 Å². The molecular formula is C31H45N3OS. The predicted molar refractivity (Wildman–Crippen MR) is 152 cm³/mol. The smallest absolute Gasteiger partial charge is 0.242 e. The van der Waals surface area contributed by atoms with Gasteiger partial charge in [0, 0.05) is 18.8 Å². The summed E-state index contributed by atoms with van der Waals surface area (Å²) in [5.74, 6) is 1.30. The van der Waals surface area contributed by atoms with Crippen LogP contribution in [-0.4, -0.2) is 39.9 Å². The van der Waals surface area contributed by atoms with Crippen LogP contribution >= 0.6 is 11.8 Å². The highest BCUT2D eigenvalue weighted by Crippen LogP contribution is 2.45. The van der Waals surface area contributed by atoms with Gasteiger partial charge in [0.15, 0.2) is 5.17 Å². The van der Waals surface area contributed by atoms with Crippen molar-refractivity contribution in [3.63, 3.8) is 0 Å². The molecule has 0 aromatic heterocycles. The third-order valence-electron chi connectivity index (χ3n) is 9.08. The number of thioether (sulfide) groups is 1. The Morgan fingerprint density at radius 2 is 1.86 bits per heavy atom. The number of carbonyl (C=O) groups is 1. The number of likely N-dealkylation sites (tertiary alicyclic amines) is 1. The first kappa shape index (κ1) is 25.9. The second kappa shape index (κ2) is 11.8. The van der Waals surface area contributed by atoms with Crippen LogP contribution in [0, 0.1) is 11.8 Å². The van der Waals surface area contributed by atoms with E-state index in [0.29, 0.717) is 17.9 Å². The van der Waals surface area contributed by atoms with Gasteiger partial charge in [-0.15, -0.1) is 0 Å². The molecular weight excluding hydrogens is 462 g/mol. The highest BCUT2D eigenvalue weighted by Gasteiger charge is 2.49. The van der Waals surface area contributed by atoms with Crippen LogP contribution in [0.3, 0.4) is 0 Å². The average molecular weight is 508 g/mol. The van der Waals surface area contributed by atoms with E-state index >= 15 is 0 Å². The Hall–Kier alpha value is -1.75. The Balaban J connectivity index is 1.16. The van der Waals surface area contributed by atoms with Gasteiger partial charge in [0.05, 0.1) is 6.04 Å². The summed E-state index contributed by atoms with van der Waals surface area (Å²) in [5, 5.41) is 4.11. The minimum atomic E-state index is -0.375. The summed E-state index contributed by atoms with van der Waals surface area (Å²) in [6.45, 7) is 6.64. The van der Waals surface area contributed by atoms with Crippen LogP contribution in [0.15, 0.2) is 46.6 Å². The quantitative estimate of drug-likeness (QED) is 0.387. The van der Waals surface area contributed by atoms with Crippen molar-refractivity contribution in [2.45, 2.75) is 108 Å². The number of hydrogen-bond donors (Lipinski definition) is 1. The van der Waals surface area contributed by atoms with Crippen molar-refractivity contribution in [2.75, 3.05) is 13.1 Å². The minimum Gasteiger partial charge on any atom is -0.375 e. The lowest BCUT2D eigenvalue weighted by molar-refractivity contribution is -0.122. The lowest BCUT2D eigenvalue weighted by atomic mass is 9.82. The van der Waals surface area contributed by atoms with Crippen LogP contribution in [0.2, 0.25) is 0 Å². The van der Waals surface area contributed by atoms with Gasteiger partial charge in [0.25, 0.3) is 0 Å². The zero-order chi connectivity index (χ0) is 25.0. The third-order valence-corrected chi connectivity index (χ3v) is 10.4. The zero-order valence-corrected chi connectivity index (χ0v) is 23.3. The number of aliphatic imine (C=N–C) groups is 1. The number of amidine groups is 1. The summed E-state index contributed by atoms with van der Waals surface area (Å²) in [4.78, 5) is 21.0. The molecule has 2 aliphatic heterocycles. The number of carbonyl (C=O) groups excluding carboxylic acids is 1. The maximum absolute atomic E-state index is 13.2. The van der Waals surface area contributed by atoms with Crippen LogP contribution < -0.4 is 5.32 Å². The van der Waals surface area contributed by atoms with E-state index < -0.39 is 0 Å². The van der Waals surface area contributed by atoms with Crippen molar-refractivity contribution >= 4 is 22.8 Å². The summed E-state index contributed by atoms with van der Waals surface area (Å²) in [5.41, 5.74) is 4.75. The summed E-state index contributed by atoms with van der Waals surface area (Å²) in [7, 11) is 0. The Bertz CT molecular complexity index is 957. The van der Waals surface area contributed by atoms with Crippen molar-refractivity contribution in [2.24, 2.45) is 16.8 Å². The number of amides is 1. The molecule has 4 nitrogen and oxygen atoms in total. The molecule has 2 aliphatic carbocycles. The topological polar surface area (TPSA) is 44.7 Å². The van der Waals surface area contributed by atoms with E-state index in [2.05, 4.69) is 54.4 Å². The van der Waals surface area contributed by atoms with Gasteiger partial charge in [0.2, 0.25) is 5.91 Å². The summed E-state index contributed by atoms with van der Waals surface area (Å²) < 4.78 is -0.375. The molecule has 0 spiro atoms. The molecule has 36 heavy (non-hydrogen) atoms. The van der Waals surface area contributed by atoms with Crippen LogP contribution in [0.5, 0.6) is 0 Å². The molecule has 4 aliphatic rings. The Morgan fingerprint density at radius 3 is 2.58 bits per heavy atom. The van der Waals surface area contributed by atoms with E-state index in [0.717, 1.165) is 37.5 Å². The van der Waals surface area contributed by atoms with Crippen LogP contribution in [-0.2, 0) is 11.2 Å². The molecule has 1 aromatic carbocycles. The van der Waals surface area contributed by atoms with Crippen LogP contribution in [0.1, 0.15) is 96.5 Å². The number of allylic oxidation sites excluding steroid dienone is 2. The molecule has 2 saturated heterocycles. The number of piperidine rings is 1. The Kier molecular flexibility index (Phi) is 8.45. The molecule has 0 radical (unpaired) electrons. The van der Waals surface area contributed by atoms with Crippen molar-refractivity contribution in [1.82, 2.24) is 10.2 Å². The second-order valence-electron chi connectivity index (χ2n) is 11.6. The normalized spacial score (nSPS) is 30.1. The fraction of sp³-hybridized carbons (Fsp3) is 0.677. The molecule has 5 rings (SSSR count). The molecule has 2 saturated carbocycles. The fourth-order valence-corrected chi connectivity index (χ4v) is 8.03. The van der Waals surface area contributed by atoms with Gasteiger partial charge < -0.3 is 10.2 Å². The second-order valence-corrected chi connectivity index (χ2v) is 13.1. The van der Waals surface area contributed by atoms with Crippen molar-refractivity contribution < 1.29 is 4.79 Å². The van der Waals surface area contributed by atoms with Crippen LogP contribution in [0.25, 0.3) is 0 Å². The summed E-state index contributed by atoms with van der Waals surface area (Å²) >= 11 is 1.74. The van der Waals surface area contributed by atoms with E-state index in [4.69, 9.17) is 4.99 Å². The molecule has 1 N–H and O–H groups in total. The fourth-order valence-electron chi connectivity index (χ4n) is 6.75.